The van der Waals surface area contributed by atoms with Crippen LogP contribution >= 0.6 is 22.9 Å². The van der Waals surface area contributed by atoms with Gasteiger partial charge in [0.1, 0.15) is 5.82 Å². The fourth-order valence-electron chi connectivity index (χ4n) is 2.22. The van der Waals surface area contributed by atoms with Crippen LogP contribution in [-0.2, 0) is 5.41 Å². The van der Waals surface area contributed by atoms with E-state index in [4.69, 9.17) is 11.6 Å². The lowest BCUT2D eigenvalue weighted by Crippen LogP contribution is -2.21. The van der Waals surface area contributed by atoms with Crippen LogP contribution in [0.3, 0.4) is 0 Å². The van der Waals surface area contributed by atoms with Crippen LogP contribution < -0.4 is 5.32 Å². The van der Waals surface area contributed by atoms with E-state index in [2.05, 4.69) is 38.2 Å². The molecule has 0 saturated carbocycles. The van der Waals surface area contributed by atoms with E-state index in [1.54, 1.807) is 17.4 Å². The number of nitrogens with one attached hydrogen (secondary N) is 1. The quantitative estimate of drug-likeness (QED) is 0.778. The van der Waals surface area contributed by atoms with Crippen LogP contribution in [-0.4, -0.2) is 6.54 Å². The Hall–Kier alpha value is -0.900. The molecule has 1 aromatic heterocycles. The van der Waals surface area contributed by atoms with Crippen molar-refractivity contribution in [2.24, 2.45) is 0 Å². The molecule has 21 heavy (non-hydrogen) atoms. The zero-order chi connectivity index (χ0) is 15.6. The lowest BCUT2D eigenvalue weighted by molar-refractivity contribution is 0.603. The Morgan fingerprint density at radius 1 is 1.24 bits per heavy atom. The van der Waals surface area contributed by atoms with E-state index in [9.17, 15) is 4.39 Å². The molecule has 0 spiro atoms. The zero-order valence-electron chi connectivity index (χ0n) is 12.8. The summed E-state index contributed by atoms with van der Waals surface area (Å²) in [6, 6.07) is 9.18. The second kappa shape index (κ2) is 6.47. The third-order valence-corrected chi connectivity index (χ3v) is 5.33. The predicted molar refractivity (Wildman–Crippen MR) is 89.9 cm³/mol. The van der Waals surface area contributed by atoms with Gasteiger partial charge in [0.25, 0.3) is 0 Å². The summed E-state index contributed by atoms with van der Waals surface area (Å²) in [6.45, 7) is 9.42. The Morgan fingerprint density at radius 3 is 2.52 bits per heavy atom. The van der Waals surface area contributed by atoms with Crippen LogP contribution in [0.1, 0.15) is 49.1 Å². The molecule has 0 bridgehead atoms. The average molecular weight is 326 g/mol. The van der Waals surface area contributed by atoms with Crippen molar-refractivity contribution in [3.05, 3.63) is 56.5 Å². The van der Waals surface area contributed by atoms with Gasteiger partial charge in [-0.1, -0.05) is 51.4 Å². The topological polar surface area (TPSA) is 12.0 Å². The van der Waals surface area contributed by atoms with Gasteiger partial charge >= 0.3 is 0 Å². The van der Waals surface area contributed by atoms with E-state index in [1.807, 2.05) is 13.0 Å². The van der Waals surface area contributed by atoms with Crippen LogP contribution in [0.25, 0.3) is 0 Å². The van der Waals surface area contributed by atoms with Gasteiger partial charge in [-0.05, 0) is 35.7 Å². The maximum absolute atomic E-state index is 13.7. The minimum Gasteiger partial charge on any atom is -0.306 e. The summed E-state index contributed by atoms with van der Waals surface area (Å²) in [6.07, 6.45) is 0. The van der Waals surface area contributed by atoms with E-state index in [-0.39, 0.29) is 22.3 Å². The summed E-state index contributed by atoms with van der Waals surface area (Å²) < 4.78 is 13.7. The third-order valence-electron chi connectivity index (χ3n) is 3.35. The highest BCUT2D eigenvalue weighted by Crippen LogP contribution is 2.37. The van der Waals surface area contributed by atoms with E-state index in [1.165, 1.54) is 10.9 Å². The average Bonchev–Trinajstić information content (AvgIpc) is 2.89. The van der Waals surface area contributed by atoms with E-state index >= 15 is 0 Å². The molecule has 2 aromatic rings. The molecule has 2 rings (SSSR count). The molecule has 0 saturated heterocycles. The van der Waals surface area contributed by atoms with Crippen LogP contribution in [0.15, 0.2) is 30.3 Å². The van der Waals surface area contributed by atoms with Crippen LogP contribution in [0.5, 0.6) is 0 Å². The van der Waals surface area contributed by atoms with Crippen molar-refractivity contribution < 1.29 is 4.39 Å². The number of hydrogen-bond acceptors (Lipinski definition) is 2. The molecule has 0 aliphatic rings. The van der Waals surface area contributed by atoms with Crippen molar-refractivity contribution in [2.75, 3.05) is 6.54 Å². The second-order valence-corrected chi connectivity index (χ2v) is 7.58. The van der Waals surface area contributed by atoms with E-state index < -0.39 is 0 Å². The lowest BCUT2D eigenvalue weighted by Gasteiger charge is -2.19. The molecule has 0 aliphatic carbocycles. The molecular weight excluding hydrogens is 305 g/mol. The molecule has 1 heterocycles. The molecule has 114 valence electrons. The maximum Gasteiger partial charge on any atom is 0.142 e. The van der Waals surface area contributed by atoms with Crippen LogP contribution in [0, 0.1) is 5.82 Å². The van der Waals surface area contributed by atoms with Crippen LogP contribution in [0.4, 0.5) is 4.39 Å². The van der Waals surface area contributed by atoms with Crippen molar-refractivity contribution in [1.82, 2.24) is 5.32 Å². The smallest absolute Gasteiger partial charge is 0.142 e. The van der Waals surface area contributed by atoms with Crippen molar-refractivity contribution in [1.29, 1.82) is 0 Å². The first-order chi connectivity index (χ1) is 9.84. The summed E-state index contributed by atoms with van der Waals surface area (Å²) in [5.41, 5.74) is 0.909. The van der Waals surface area contributed by atoms with Crippen molar-refractivity contribution in [2.45, 2.75) is 39.2 Å². The lowest BCUT2D eigenvalue weighted by atomic mass is 9.95. The Labute approximate surface area is 135 Å². The standard InChI is InChI=1S/C17H21ClFNS/c1-5-20-16(11-7-6-8-12(19)15(11)18)13-9-10-14(21-13)17(2,3)4/h6-10,16,20H,5H2,1-4H3. The molecule has 0 amide bonds. The van der Waals surface area contributed by atoms with Crippen molar-refractivity contribution in [3.8, 4) is 0 Å². The minimum atomic E-state index is -0.371. The summed E-state index contributed by atoms with van der Waals surface area (Å²) in [5.74, 6) is -0.371. The highest BCUT2D eigenvalue weighted by Gasteiger charge is 2.22. The number of halogens is 2. The van der Waals surface area contributed by atoms with Gasteiger partial charge in [0.15, 0.2) is 0 Å². The van der Waals surface area contributed by atoms with Crippen molar-refractivity contribution >= 4 is 22.9 Å². The van der Waals surface area contributed by atoms with Gasteiger partial charge in [-0.2, -0.15) is 0 Å². The van der Waals surface area contributed by atoms with Gasteiger partial charge in [-0.3, -0.25) is 0 Å². The van der Waals surface area contributed by atoms with Gasteiger partial charge in [-0.15, -0.1) is 11.3 Å². The Kier molecular flexibility index (Phi) is 5.07. The van der Waals surface area contributed by atoms with E-state index in [0.29, 0.717) is 0 Å². The number of hydrogen-bond donors (Lipinski definition) is 1. The minimum absolute atomic E-state index is 0.0701. The van der Waals surface area contributed by atoms with Gasteiger partial charge in [0, 0.05) is 9.75 Å². The molecule has 0 fully saturated rings. The van der Waals surface area contributed by atoms with Crippen LogP contribution in [0.2, 0.25) is 5.02 Å². The zero-order valence-corrected chi connectivity index (χ0v) is 14.4. The number of thiophene rings is 1. The molecule has 0 aliphatic heterocycles. The molecule has 1 unspecified atom stereocenters. The first-order valence-corrected chi connectivity index (χ1v) is 8.31. The molecule has 1 nitrogen and oxygen atoms in total. The Balaban J connectivity index is 2.44. The first kappa shape index (κ1) is 16.5. The maximum atomic E-state index is 13.7. The summed E-state index contributed by atoms with van der Waals surface area (Å²) >= 11 is 7.91. The second-order valence-electron chi connectivity index (χ2n) is 6.09. The first-order valence-electron chi connectivity index (χ1n) is 7.12. The monoisotopic (exact) mass is 325 g/mol. The fourth-order valence-corrected chi connectivity index (χ4v) is 3.62. The highest BCUT2D eigenvalue weighted by molar-refractivity contribution is 7.12. The molecule has 4 heteroatoms. The molecule has 0 radical (unpaired) electrons. The molecule has 1 N–H and O–H groups in total. The Bertz CT molecular complexity index is 615. The SMILES string of the molecule is CCNC(c1ccc(C(C)(C)C)s1)c1cccc(F)c1Cl. The molecule has 1 atom stereocenters. The largest absolute Gasteiger partial charge is 0.306 e. The molecular formula is C17H21ClFNS. The van der Waals surface area contributed by atoms with Gasteiger partial charge in [-0.25, -0.2) is 4.39 Å². The number of rotatable bonds is 4. The predicted octanol–water partition coefficient (Wildman–Crippen LogP) is 5.54. The Morgan fingerprint density at radius 2 is 1.95 bits per heavy atom. The van der Waals surface area contributed by atoms with E-state index in [0.717, 1.165) is 17.0 Å². The third kappa shape index (κ3) is 3.65. The molecule has 1 aromatic carbocycles. The van der Waals surface area contributed by atoms with Gasteiger partial charge < -0.3 is 5.32 Å². The van der Waals surface area contributed by atoms with Gasteiger partial charge in [0.05, 0.1) is 11.1 Å². The fraction of sp³-hybridized carbons (Fsp3) is 0.412. The normalized spacial score (nSPS) is 13.4. The summed E-state index contributed by atoms with van der Waals surface area (Å²) in [7, 11) is 0. The number of benzene rings is 1. The summed E-state index contributed by atoms with van der Waals surface area (Å²) in [5, 5.41) is 3.61. The summed E-state index contributed by atoms with van der Waals surface area (Å²) in [4.78, 5) is 2.47. The van der Waals surface area contributed by atoms with Crippen molar-refractivity contribution in [3.63, 3.8) is 0 Å². The highest BCUT2D eigenvalue weighted by atomic mass is 35.5. The van der Waals surface area contributed by atoms with Gasteiger partial charge in [0.2, 0.25) is 0 Å².